The van der Waals surface area contributed by atoms with Crippen LogP contribution in [-0.2, 0) is 11.3 Å². The summed E-state index contributed by atoms with van der Waals surface area (Å²) in [6.07, 6.45) is 1.46. The molecule has 0 saturated heterocycles. The standard InChI is InChI=1S/C13H17N5O/c1-3-18(11-7-5-4-6-10(11)2)12(19)8-17-9-15-13(14)16-17/h4-7,9H,3,8H2,1-2H3,(H2,14,16). The number of aryl methyl sites for hydroxylation is 1. The quantitative estimate of drug-likeness (QED) is 0.895. The van der Waals surface area contributed by atoms with Crippen LogP contribution in [-0.4, -0.2) is 27.2 Å². The molecule has 0 spiro atoms. The third-order valence-electron chi connectivity index (χ3n) is 2.87. The average molecular weight is 259 g/mol. The summed E-state index contributed by atoms with van der Waals surface area (Å²) in [6.45, 7) is 4.67. The molecule has 1 aromatic carbocycles. The summed E-state index contributed by atoms with van der Waals surface area (Å²) in [6, 6.07) is 7.80. The summed E-state index contributed by atoms with van der Waals surface area (Å²) < 4.78 is 1.44. The fourth-order valence-corrected chi connectivity index (χ4v) is 1.96. The second-order valence-electron chi connectivity index (χ2n) is 4.22. The number of anilines is 2. The lowest BCUT2D eigenvalue weighted by molar-refractivity contribution is -0.119. The maximum Gasteiger partial charge on any atom is 0.248 e. The molecular weight excluding hydrogens is 242 g/mol. The van der Waals surface area contributed by atoms with Crippen LogP contribution in [0.15, 0.2) is 30.6 Å². The number of nitrogens with two attached hydrogens (primary N) is 1. The van der Waals surface area contributed by atoms with E-state index in [0.29, 0.717) is 6.54 Å². The summed E-state index contributed by atoms with van der Waals surface area (Å²) in [5, 5.41) is 3.92. The molecule has 6 nitrogen and oxygen atoms in total. The van der Waals surface area contributed by atoms with Gasteiger partial charge >= 0.3 is 0 Å². The SMILES string of the molecule is CCN(C(=O)Cn1cnc(N)n1)c1ccccc1C. The number of hydrogen-bond donors (Lipinski definition) is 1. The molecule has 2 N–H and O–H groups in total. The number of rotatable bonds is 4. The van der Waals surface area contributed by atoms with Crippen LogP contribution in [0.25, 0.3) is 0 Å². The number of nitrogens with zero attached hydrogens (tertiary/aromatic N) is 4. The first kappa shape index (κ1) is 13.1. The van der Waals surface area contributed by atoms with Crippen molar-refractivity contribution >= 4 is 17.5 Å². The largest absolute Gasteiger partial charge is 0.367 e. The van der Waals surface area contributed by atoms with E-state index in [0.717, 1.165) is 11.3 Å². The smallest absolute Gasteiger partial charge is 0.248 e. The van der Waals surface area contributed by atoms with Gasteiger partial charge in [-0.05, 0) is 25.5 Å². The lowest BCUT2D eigenvalue weighted by atomic mass is 10.2. The van der Waals surface area contributed by atoms with Crippen molar-refractivity contribution in [2.24, 2.45) is 0 Å². The Bertz CT molecular complexity index is 578. The summed E-state index contributed by atoms with van der Waals surface area (Å²) in [7, 11) is 0. The highest BCUT2D eigenvalue weighted by atomic mass is 16.2. The molecular formula is C13H17N5O. The molecule has 0 bridgehead atoms. The Morgan fingerprint density at radius 3 is 2.74 bits per heavy atom. The van der Waals surface area contributed by atoms with Crippen LogP contribution in [0.2, 0.25) is 0 Å². The molecule has 0 unspecified atom stereocenters. The van der Waals surface area contributed by atoms with E-state index in [1.54, 1.807) is 4.90 Å². The van der Waals surface area contributed by atoms with Crippen molar-refractivity contribution < 1.29 is 4.79 Å². The van der Waals surface area contributed by atoms with Gasteiger partial charge in [-0.3, -0.25) is 4.79 Å². The van der Waals surface area contributed by atoms with E-state index in [1.807, 2.05) is 38.1 Å². The number of hydrogen-bond acceptors (Lipinski definition) is 4. The van der Waals surface area contributed by atoms with Crippen LogP contribution in [0, 0.1) is 6.92 Å². The van der Waals surface area contributed by atoms with Gasteiger partial charge in [-0.1, -0.05) is 18.2 Å². The van der Waals surface area contributed by atoms with Crippen molar-refractivity contribution in [1.82, 2.24) is 14.8 Å². The molecule has 0 saturated carbocycles. The summed E-state index contributed by atoms with van der Waals surface area (Å²) in [4.78, 5) is 17.8. The topological polar surface area (TPSA) is 77.0 Å². The number of benzene rings is 1. The summed E-state index contributed by atoms with van der Waals surface area (Å²) in [5.41, 5.74) is 7.42. The highest BCUT2D eigenvalue weighted by molar-refractivity contribution is 5.93. The zero-order valence-electron chi connectivity index (χ0n) is 11.1. The van der Waals surface area contributed by atoms with Crippen LogP contribution in [0.1, 0.15) is 12.5 Å². The minimum absolute atomic E-state index is 0.0401. The van der Waals surface area contributed by atoms with E-state index in [-0.39, 0.29) is 18.4 Å². The first-order chi connectivity index (χ1) is 9.11. The predicted octanol–water partition coefficient (Wildman–Crippen LogP) is 1.22. The van der Waals surface area contributed by atoms with Gasteiger partial charge in [-0.25, -0.2) is 9.67 Å². The number of para-hydroxylation sites is 1. The van der Waals surface area contributed by atoms with Crippen molar-refractivity contribution in [1.29, 1.82) is 0 Å². The van der Waals surface area contributed by atoms with Crippen LogP contribution in [0.3, 0.4) is 0 Å². The molecule has 1 aromatic heterocycles. The minimum atomic E-state index is -0.0401. The van der Waals surface area contributed by atoms with E-state index >= 15 is 0 Å². The molecule has 0 aliphatic rings. The van der Waals surface area contributed by atoms with Gasteiger partial charge in [0.05, 0.1) is 0 Å². The Balaban J connectivity index is 2.18. The fourth-order valence-electron chi connectivity index (χ4n) is 1.96. The predicted molar refractivity (Wildman–Crippen MR) is 73.6 cm³/mol. The van der Waals surface area contributed by atoms with Crippen LogP contribution in [0.5, 0.6) is 0 Å². The third-order valence-corrected chi connectivity index (χ3v) is 2.87. The monoisotopic (exact) mass is 259 g/mol. The van der Waals surface area contributed by atoms with E-state index in [2.05, 4.69) is 10.1 Å². The van der Waals surface area contributed by atoms with E-state index < -0.39 is 0 Å². The van der Waals surface area contributed by atoms with E-state index in [1.165, 1.54) is 11.0 Å². The van der Waals surface area contributed by atoms with Gasteiger partial charge < -0.3 is 10.6 Å². The molecule has 6 heteroatoms. The molecule has 19 heavy (non-hydrogen) atoms. The van der Waals surface area contributed by atoms with Gasteiger partial charge in [0.1, 0.15) is 12.9 Å². The molecule has 1 amide bonds. The number of likely N-dealkylation sites (N-methyl/N-ethyl adjacent to an activating group) is 1. The molecule has 0 atom stereocenters. The number of amides is 1. The second-order valence-corrected chi connectivity index (χ2v) is 4.22. The number of carbonyl (C=O) groups excluding carboxylic acids is 1. The molecule has 100 valence electrons. The van der Waals surface area contributed by atoms with Crippen molar-refractivity contribution in [3.8, 4) is 0 Å². The highest BCUT2D eigenvalue weighted by Gasteiger charge is 2.16. The first-order valence-electron chi connectivity index (χ1n) is 6.12. The highest BCUT2D eigenvalue weighted by Crippen LogP contribution is 2.19. The van der Waals surface area contributed by atoms with Gasteiger partial charge in [0.2, 0.25) is 11.9 Å². The van der Waals surface area contributed by atoms with Crippen molar-refractivity contribution in [3.05, 3.63) is 36.2 Å². The molecule has 0 aliphatic heterocycles. The summed E-state index contributed by atoms with van der Waals surface area (Å²) in [5.74, 6) is 0.133. The zero-order chi connectivity index (χ0) is 13.8. The Morgan fingerprint density at radius 2 is 2.16 bits per heavy atom. The number of nitrogen functional groups attached to an aromatic ring is 1. The van der Waals surface area contributed by atoms with Gasteiger partial charge in [-0.15, -0.1) is 5.10 Å². The Morgan fingerprint density at radius 1 is 1.42 bits per heavy atom. The normalized spacial score (nSPS) is 10.4. The Kier molecular flexibility index (Phi) is 3.79. The van der Waals surface area contributed by atoms with Crippen molar-refractivity contribution in [2.45, 2.75) is 20.4 Å². The maximum absolute atomic E-state index is 12.3. The minimum Gasteiger partial charge on any atom is -0.367 e. The van der Waals surface area contributed by atoms with Crippen LogP contribution >= 0.6 is 0 Å². The molecule has 2 rings (SSSR count). The molecule has 0 fully saturated rings. The fraction of sp³-hybridized carbons (Fsp3) is 0.308. The lowest BCUT2D eigenvalue weighted by Gasteiger charge is -2.22. The van der Waals surface area contributed by atoms with Crippen LogP contribution in [0.4, 0.5) is 11.6 Å². The second kappa shape index (κ2) is 5.51. The Hall–Kier alpha value is -2.37. The first-order valence-corrected chi connectivity index (χ1v) is 6.12. The van der Waals surface area contributed by atoms with E-state index in [4.69, 9.17) is 5.73 Å². The lowest BCUT2D eigenvalue weighted by Crippen LogP contribution is -2.34. The molecule has 2 aromatic rings. The van der Waals surface area contributed by atoms with Gasteiger partial charge in [0.25, 0.3) is 0 Å². The van der Waals surface area contributed by atoms with Crippen molar-refractivity contribution in [3.63, 3.8) is 0 Å². The maximum atomic E-state index is 12.3. The number of aromatic nitrogens is 3. The Labute approximate surface area is 111 Å². The number of carbonyl (C=O) groups is 1. The van der Waals surface area contributed by atoms with Gasteiger partial charge in [0.15, 0.2) is 0 Å². The average Bonchev–Trinajstić information content (AvgIpc) is 2.78. The zero-order valence-corrected chi connectivity index (χ0v) is 11.1. The molecule has 0 aliphatic carbocycles. The molecule has 1 heterocycles. The van der Waals surface area contributed by atoms with Gasteiger partial charge in [-0.2, -0.15) is 0 Å². The third kappa shape index (κ3) is 2.90. The van der Waals surface area contributed by atoms with Crippen LogP contribution < -0.4 is 10.6 Å². The van der Waals surface area contributed by atoms with Crippen molar-refractivity contribution in [2.75, 3.05) is 17.2 Å². The molecule has 0 radical (unpaired) electrons. The van der Waals surface area contributed by atoms with E-state index in [9.17, 15) is 4.79 Å². The van der Waals surface area contributed by atoms with Gasteiger partial charge in [0, 0.05) is 12.2 Å². The summed E-state index contributed by atoms with van der Waals surface area (Å²) >= 11 is 0.